The zero-order valence-corrected chi connectivity index (χ0v) is 20.4. The first-order valence-corrected chi connectivity index (χ1v) is 12.1. The molecule has 0 spiro atoms. The van der Waals surface area contributed by atoms with Gasteiger partial charge in [0.25, 0.3) is 0 Å². The molecule has 4 aromatic rings. The van der Waals surface area contributed by atoms with Gasteiger partial charge in [-0.15, -0.1) is 0 Å². The quantitative estimate of drug-likeness (QED) is 0.460. The number of nitrogens with one attached hydrogen (secondary N) is 1. The Morgan fingerprint density at radius 2 is 1.85 bits per heavy atom. The molecule has 1 amide bonds. The van der Waals surface area contributed by atoms with Gasteiger partial charge < -0.3 is 9.88 Å². The van der Waals surface area contributed by atoms with Crippen LogP contribution in [0.3, 0.4) is 0 Å². The molecule has 0 aliphatic carbocycles. The number of aryl methyl sites for hydroxylation is 2. The van der Waals surface area contributed by atoms with Gasteiger partial charge in [0.15, 0.2) is 0 Å². The maximum atomic E-state index is 12.6. The number of piperidine rings is 1. The molecule has 1 aromatic carbocycles. The van der Waals surface area contributed by atoms with Gasteiger partial charge in [0.05, 0.1) is 5.69 Å². The van der Waals surface area contributed by atoms with Gasteiger partial charge in [0.1, 0.15) is 19.2 Å². The summed E-state index contributed by atoms with van der Waals surface area (Å²) in [6, 6.07) is 11.2. The van der Waals surface area contributed by atoms with Crippen LogP contribution in [0.4, 0.5) is 0 Å². The van der Waals surface area contributed by atoms with Gasteiger partial charge in [-0.05, 0) is 73.9 Å². The lowest BCUT2D eigenvalue weighted by Crippen LogP contribution is -2.39. The number of benzene rings is 1. The fraction of sp³-hybridized carbons (Fsp3) is 0.407. The third-order valence-electron chi connectivity index (χ3n) is 6.89. The molecule has 0 unspecified atom stereocenters. The number of aromatic amines is 1. The van der Waals surface area contributed by atoms with Crippen molar-refractivity contribution in [3.8, 4) is 11.3 Å². The maximum Gasteiger partial charge on any atom is 0.244 e. The molecular weight excluding hydrogens is 424 g/mol. The van der Waals surface area contributed by atoms with Crippen molar-refractivity contribution in [3.63, 3.8) is 0 Å². The number of hydrogen-bond acceptors (Lipinski definition) is 4. The summed E-state index contributed by atoms with van der Waals surface area (Å²) in [5.74, 6) is 0.965. The highest BCUT2D eigenvalue weighted by Gasteiger charge is 2.25. The van der Waals surface area contributed by atoms with Crippen LogP contribution in [-0.4, -0.2) is 48.6 Å². The van der Waals surface area contributed by atoms with Gasteiger partial charge in [-0.2, -0.15) is 5.10 Å². The van der Waals surface area contributed by atoms with Crippen LogP contribution in [0.1, 0.15) is 61.0 Å². The smallest absolute Gasteiger partial charge is 0.244 e. The van der Waals surface area contributed by atoms with Crippen molar-refractivity contribution in [2.75, 3.05) is 13.1 Å². The number of likely N-dealkylation sites (tertiary alicyclic amines) is 1. The molecule has 1 N–H and O–H groups in total. The molecule has 1 fully saturated rings. The highest BCUT2D eigenvalue weighted by molar-refractivity contribution is 5.92. The van der Waals surface area contributed by atoms with Crippen molar-refractivity contribution in [2.45, 2.75) is 58.9 Å². The van der Waals surface area contributed by atoms with Gasteiger partial charge in [0.2, 0.25) is 5.91 Å². The predicted octanol–water partition coefficient (Wildman–Crippen LogP) is 4.97. The number of rotatable bonds is 5. The summed E-state index contributed by atoms with van der Waals surface area (Å²) in [5, 5.41) is 5.35. The van der Waals surface area contributed by atoms with Crippen molar-refractivity contribution < 1.29 is 4.79 Å². The Morgan fingerprint density at radius 1 is 1.12 bits per heavy atom. The first kappa shape index (κ1) is 22.3. The summed E-state index contributed by atoms with van der Waals surface area (Å²) in [6.07, 6.45) is 5.01. The number of H-pyrrole nitrogens is 1. The normalized spacial score (nSPS) is 14.9. The minimum atomic E-state index is 0.111. The highest BCUT2D eigenvalue weighted by atomic mass is 16.2. The monoisotopic (exact) mass is 456 g/mol. The number of hydrogen-bond donors (Lipinski definition) is 1. The zero-order chi connectivity index (χ0) is 23.8. The third kappa shape index (κ3) is 4.34. The molecule has 4 heterocycles. The van der Waals surface area contributed by atoms with E-state index in [1.54, 1.807) is 11.0 Å². The first-order valence-electron chi connectivity index (χ1n) is 12.1. The van der Waals surface area contributed by atoms with Crippen LogP contribution in [0, 0.1) is 13.8 Å². The molecule has 5 rings (SSSR count). The van der Waals surface area contributed by atoms with E-state index in [0.717, 1.165) is 37.3 Å². The van der Waals surface area contributed by atoms with Gasteiger partial charge in [-0.3, -0.25) is 9.78 Å². The lowest BCUT2D eigenvalue weighted by Gasteiger charge is -2.32. The second kappa shape index (κ2) is 9.05. The number of fused-ring (bicyclic) bond motifs is 1. The average Bonchev–Trinajstić information content (AvgIpc) is 3.45. The summed E-state index contributed by atoms with van der Waals surface area (Å²) < 4.78 is 1.59. The zero-order valence-electron chi connectivity index (χ0n) is 20.4. The Balaban J connectivity index is 1.39. The van der Waals surface area contributed by atoms with Crippen LogP contribution in [-0.2, 0) is 11.3 Å². The lowest BCUT2D eigenvalue weighted by molar-refractivity contribution is -0.133. The van der Waals surface area contributed by atoms with E-state index in [-0.39, 0.29) is 12.5 Å². The Kier molecular flexibility index (Phi) is 5.94. The molecule has 34 heavy (non-hydrogen) atoms. The van der Waals surface area contributed by atoms with E-state index in [1.807, 2.05) is 4.90 Å². The Bertz CT molecular complexity index is 1290. The number of nitrogens with zero attached hydrogens (tertiary/aromatic N) is 5. The highest BCUT2D eigenvalue weighted by Crippen LogP contribution is 2.38. The molecule has 0 atom stereocenters. The van der Waals surface area contributed by atoms with Crippen LogP contribution in [0.2, 0.25) is 0 Å². The second-order valence-electron chi connectivity index (χ2n) is 9.76. The Hall–Kier alpha value is -3.48. The molecule has 1 aliphatic heterocycles. The third-order valence-corrected chi connectivity index (χ3v) is 6.89. The SMILES string of the molecule is Cc1cc(-c2[nH]c3ccc(C4CCN(C(=O)Cn5cncn5)CC4)cc3c2C(C)C)cc(C)n1. The van der Waals surface area contributed by atoms with Gasteiger partial charge in [0, 0.05) is 40.9 Å². The van der Waals surface area contributed by atoms with E-state index < -0.39 is 0 Å². The fourth-order valence-electron chi connectivity index (χ4n) is 5.31. The standard InChI is InChI=1S/C27H32N6O/c1-17(2)26-23-13-21(5-6-24(23)31-27(26)22-11-18(3)30-19(4)12-22)20-7-9-32(10-8-20)25(34)14-33-16-28-15-29-33/h5-6,11-13,15-17,20,31H,7-10,14H2,1-4H3. The van der Waals surface area contributed by atoms with Crippen LogP contribution in [0.5, 0.6) is 0 Å². The van der Waals surface area contributed by atoms with E-state index in [4.69, 9.17) is 0 Å². The van der Waals surface area contributed by atoms with Gasteiger partial charge in [-0.1, -0.05) is 19.9 Å². The number of aromatic nitrogens is 5. The van der Waals surface area contributed by atoms with Crippen molar-refractivity contribution in [1.29, 1.82) is 0 Å². The molecule has 7 heteroatoms. The van der Waals surface area contributed by atoms with Crippen LogP contribution >= 0.6 is 0 Å². The van der Waals surface area contributed by atoms with E-state index in [9.17, 15) is 4.79 Å². The number of carbonyl (C=O) groups is 1. The molecular formula is C27H32N6O. The summed E-state index contributed by atoms with van der Waals surface area (Å²) >= 11 is 0. The lowest BCUT2D eigenvalue weighted by atomic mass is 9.87. The summed E-state index contributed by atoms with van der Waals surface area (Å²) in [7, 11) is 0. The van der Waals surface area contributed by atoms with Crippen molar-refractivity contribution in [3.05, 3.63) is 65.5 Å². The Labute approximate surface area is 200 Å². The van der Waals surface area contributed by atoms with Gasteiger partial charge >= 0.3 is 0 Å². The van der Waals surface area contributed by atoms with E-state index >= 15 is 0 Å². The molecule has 3 aromatic heterocycles. The maximum absolute atomic E-state index is 12.6. The minimum absolute atomic E-state index is 0.111. The average molecular weight is 457 g/mol. The molecule has 0 radical (unpaired) electrons. The molecule has 7 nitrogen and oxygen atoms in total. The molecule has 1 aliphatic rings. The Morgan fingerprint density at radius 3 is 2.50 bits per heavy atom. The van der Waals surface area contributed by atoms with Gasteiger partial charge in [-0.25, -0.2) is 9.67 Å². The molecule has 0 bridgehead atoms. The topological polar surface area (TPSA) is 79.7 Å². The van der Waals surface area contributed by atoms with E-state index in [2.05, 4.69) is 78.1 Å². The molecule has 1 saturated heterocycles. The summed E-state index contributed by atoms with van der Waals surface area (Å²) in [5.41, 5.74) is 8.38. The number of pyridine rings is 1. The summed E-state index contributed by atoms with van der Waals surface area (Å²) in [6.45, 7) is 10.4. The summed E-state index contributed by atoms with van der Waals surface area (Å²) in [4.78, 5) is 26.7. The molecule has 0 saturated carbocycles. The largest absolute Gasteiger partial charge is 0.354 e. The first-order chi connectivity index (χ1) is 16.4. The predicted molar refractivity (Wildman–Crippen MR) is 134 cm³/mol. The molecule has 176 valence electrons. The van der Waals surface area contributed by atoms with Crippen LogP contribution in [0.25, 0.3) is 22.2 Å². The van der Waals surface area contributed by atoms with Crippen LogP contribution < -0.4 is 0 Å². The van der Waals surface area contributed by atoms with E-state index in [1.165, 1.54) is 39.6 Å². The number of carbonyl (C=O) groups excluding carboxylic acids is 1. The fourth-order valence-corrected chi connectivity index (χ4v) is 5.31. The van der Waals surface area contributed by atoms with Crippen molar-refractivity contribution in [1.82, 2.24) is 29.6 Å². The number of amides is 1. The van der Waals surface area contributed by atoms with E-state index in [0.29, 0.717) is 11.8 Å². The van der Waals surface area contributed by atoms with Crippen molar-refractivity contribution in [2.24, 2.45) is 0 Å². The van der Waals surface area contributed by atoms with Crippen molar-refractivity contribution >= 4 is 16.8 Å². The van der Waals surface area contributed by atoms with Crippen LogP contribution in [0.15, 0.2) is 43.0 Å². The minimum Gasteiger partial charge on any atom is -0.354 e. The second-order valence-corrected chi connectivity index (χ2v) is 9.76.